The van der Waals surface area contributed by atoms with Crippen molar-refractivity contribution in [3.63, 3.8) is 0 Å². The minimum Gasteiger partial charge on any atom is -0.481 e. The molecule has 1 unspecified atom stereocenters. The summed E-state index contributed by atoms with van der Waals surface area (Å²) < 4.78 is 0. The van der Waals surface area contributed by atoms with Gasteiger partial charge in [-0.1, -0.05) is 23.7 Å². The monoisotopic (exact) mass is 239 g/mol. The summed E-state index contributed by atoms with van der Waals surface area (Å²) in [4.78, 5) is 24.1. The molecular formula is C11H10ClNO3. The number of halogens is 1. The Kier molecular flexibility index (Phi) is 2.59. The molecule has 1 aromatic rings. The molecule has 2 rings (SSSR count). The summed E-state index contributed by atoms with van der Waals surface area (Å²) in [5.41, 5.74) is 1.11. The van der Waals surface area contributed by atoms with E-state index < -0.39 is 11.9 Å². The van der Waals surface area contributed by atoms with Crippen LogP contribution in [0.3, 0.4) is 0 Å². The van der Waals surface area contributed by atoms with Gasteiger partial charge in [0.25, 0.3) is 0 Å². The van der Waals surface area contributed by atoms with Gasteiger partial charge in [-0.15, -0.1) is 0 Å². The van der Waals surface area contributed by atoms with Gasteiger partial charge in [0.15, 0.2) is 0 Å². The minimum atomic E-state index is -0.995. The molecule has 1 amide bonds. The van der Waals surface area contributed by atoms with Crippen molar-refractivity contribution in [2.24, 2.45) is 0 Å². The van der Waals surface area contributed by atoms with Crippen LogP contribution in [0.5, 0.6) is 0 Å². The number of para-hydroxylation sites is 1. The average Bonchev–Trinajstić information content (AvgIpc) is 2.22. The first-order chi connectivity index (χ1) is 7.52. The lowest BCUT2D eigenvalue weighted by atomic mass is 9.90. The van der Waals surface area contributed by atoms with Crippen molar-refractivity contribution >= 4 is 29.2 Å². The largest absolute Gasteiger partial charge is 0.481 e. The second kappa shape index (κ2) is 3.79. The third kappa shape index (κ3) is 1.55. The third-order valence-electron chi connectivity index (χ3n) is 2.78. The van der Waals surface area contributed by atoms with Crippen LogP contribution in [0.25, 0.3) is 0 Å². The smallest absolute Gasteiger partial charge is 0.311 e. The number of carbonyl (C=O) groups is 2. The average molecular weight is 240 g/mol. The number of nitrogens with zero attached hydrogens (tertiary/aromatic N) is 1. The van der Waals surface area contributed by atoms with Crippen LogP contribution in [0.1, 0.15) is 17.9 Å². The normalized spacial score (nSPS) is 19.5. The fourth-order valence-electron chi connectivity index (χ4n) is 1.93. The van der Waals surface area contributed by atoms with Crippen molar-refractivity contribution in [1.82, 2.24) is 0 Å². The SMILES string of the molecule is CN1C(=O)CC(C(=O)O)c2cccc(Cl)c21. The molecule has 84 valence electrons. The van der Waals surface area contributed by atoms with Gasteiger partial charge in [-0.2, -0.15) is 0 Å². The van der Waals surface area contributed by atoms with Gasteiger partial charge in [-0.05, 0) is 11.6 Å². The van der Waals surface area contributed by atoms with Crippen LogP contribution in [-0.4, -0.2) is 24.0 Å². The highest BCUT2D eigenvalue weighted by atomic mass is 35.5. The number of rotatable bonds is 1. The van der Waals surface area contributed by atoms with E-state index in [2.05, 4.69) is 0 Å². The van der Waals surface area contributed by atoms with Gasteiger partial charge >= 0.3 is 5.97 Å². The molecule has 1 aliphatic heterocycles. The van der Waals surface area contributed by atoms with Crippen LogP contribution in [0.15, 0.2) is 18.2 Å². The van der Waals surface area contributed by atoms with Gasteiger partial charge in [0.05, 0.1) is 16.6 Å². The third-order valence-corrected chi connectivity index (χ3v) is 3.08. The molecule has 0 aromatic heterocycles. The first kappa shape index (κ1) is 11.0. The zero-order valence-electron chi connectivity index (χ0n) is 8.61. The minimum absolute atomic E-state index is 0.0147. The molecule has 16 heavy (non-hydrogen) atoms. The van der Waals surface area contributed by atoms with Gasteiger partial charge < -0.3 is 10.0 Å². The number of hydrogen-bond donors (Lipinski definition) is 1. The molecule has 0 aliphatic carbocycles. The van der Waals surface area contributed by atoms with E-state index in [9.17, 15) is 9.59 Å². The van der Waals surface area contributed by atoms with Gasteiger partial charge in [0.1, 0.15) is 0 Å². The lowest BCUT2D eigenvalue weighted by Gasteiger charge is -2.30. The molecule has 1 N–H and O–H groups in total. The van der Waals surface area contributed by atoms with E-state index in [1.807, 2.05) is 0 Å². The molecular weight excluding hydrogens is 230 g/mol. The molecule has 0 fully saturated rings. The standard InChI is InChI=1S/C11H10ClNO3/c1-13-9(14)5-7(11(15)16)6-3-2-4-8(12)10(6)13/h2-4,7H,5H2,1H3,(H,15,16). The van der Waals surface area contributed by atoms with Crippen molar-refractivity contribution in [2.45, 2.75) is 12.3 Å². The van der Waals surface area contributed by atoms with E-state index in [1.165, 1.54) is 4.90 Å². The van der Waals surface area contributed by atoms with Crippen molar-refractivity contribution in [1.29, 1.82) is 0 Å². The zero-order valence-corrected chi connectivity index (χ0v) is 9.36. The molecule has 0 saturated carbocycles. The summed E-state index contributed by atoms with van der Waals surface area (Å²) in [6.07, 6.45) is -0.0147. The Bertz CT molecular complexity index is 472. The van der Waals surface area contributed by atoms with Crippen LogP contribution in [0.2, 0.25) is 5.02 Å². The van der Waals surface area contributed by atoms with Gasteiger partial charge in [-0.25, -0.2) is 0 Å². The van der Waals surface area contributed by atoms with Gasteiger partial charge in [0.2, 0.25) is 5.91 Å². The highest BCUT2D eigenvalue weighted by Crippen LogP contribution is 2.39. The Morgan fingerprint density at radius 2 is 2.25 bits per heavy atom. The number of amides is 1. The molecule has 0 saturated heterocycles. The number of carboxylic acid groups (broad SMARTS) is 1. The maximum absolute atomic E-state index is 11.6. The number of aliphatic carboxylic acids is 1. The first-order valence-electron chi connectivity index (χ1n) is 4.80. The van der Waals surface area contributed by atoms with Crippen molar-refractivity contribution in [3.8, 4) is 0 Å². The van der Waals surface area contributed by atoms with E-state index in [-0.39, 0.29) is 12.3 Å². The number of carboxylic acids is 1. The van der Waals surface area contributed by atoms with Crippen molar-refractivity contribution in [3.05, 3.63) is 28.8 Å². The molecule has 0 radical (unpaired) electrons. The van der Waals surface area contributed by atoms with E-state index in [4.69, 9.17) is 16.7 Å². The number of carbonyl (C=O) groups excluding carboxylic acids is 1. The molecule has 5 heteroatoms. The summed E-state index contributed by atoms with van der Waals surface area (Å²) >= 11 is 5.99. The van der Waals surface area contributed by atoms with Gasteiger partial charge in [0, 0.05) is 13.5 Å². The summed E-state index contributed by atoms with van der Waals surface area (Å²) in [6.45, 7) is 0. The zero-order chi connectivity index (χ0) is 11.9. The van der Waals surface area contributed by atoms with Crippen molar-refractivity contribution in [2.75, 3.05) is 11.9 Å². The second-order valence-corrected chi connectivity index (χ2v) is 4.13. The van der Waals surface area contributed by atoms with E-state index in [0.717, 1.165) is 0 Å². The maximum Gasteiger partial charge on any atom is 0.311 e. The Morgan fingerprint density at radius 1 is 1.56 bits per heavy atom. The van der Waals surface area contributed by atoms with Crippen LogP contribution >= 0.6 is 11.6 Å². The Labute approximate surface area is 97.4 Å². The summed E-state index contributed by atoms with van der Waals surface area (Å²) in [5.74, 6) is -2.02. The fraction of sp³-hybridized carbons (Fsp3) is 0.273. The molecule has 4 nitrogen and oxygen atoms in total. The lowest BCUT2D eigenvalue weighted by molar-refractivity contribution is -0.140. The predicted octanol–water partition coefficient (Wildman–Crippen LogP) is 1.87. The van der Waals surface area contributed by atoms with Crippen LogP contribution in [0.4, 0.5) is 5.69 Å². The quantitative estimate of drug-likeness (QED) is 0.814. The highest BCUT2D eigenvalue weighted by Gasteiger charge is 2.34. The van der Waals surface area contributed by atoms with Crippen molar-refractivity contribution < 1.29 is 14.7 Å². The number of benzene rings is 1. The first-order valence-corrected chi connectivity index (χ1v) is 5.18. The Balaban J connectivity index is 2.62. The maximum atomic E-state index is 11.6. The van der Waals surface area contributed by atoms with Gasteiger partial charge in [-0.3, -0.25) is 9.59 Å². The second-order valence-electron chi connectivity index (χ2n) is 3.73. The Hall–Kier alpha value is -1.55. The van der Waals surface area contributed by atoms with Crippen LogP contribution in [0, 0.1) is 0 Å². The predicted molar refractivity (Wildman–Crippen MR) is 59.9 cm³/mol. The molecule has 0 spiro atoms. The summed E-state index contributed by atoms with van der Waals surface area (Å²) in [7, 11) is 1.60. The molecule has 1 aliphatic rings. The van der Waals surface area contributed by atoms with Crippen LogP contribution < -0.4 is 4.90 Å². The molecule has 1 heterocycles. The van der Waals surface area contributed by atoms with E-state index in [0.29, 0.717) is 16.3 Å². The number of fused-ring (bicyclic) bond motifs is 1. The lowest BCUT2D eigenvalue weighted by Crippen LogP contribution is -2.35. The highest BCUT2D eigenvalue weighted by molar-refractivity contribution is 6.34. The summed E-state index contributed by atoms with van der Waals surface area (Å²) in [5, 5.41) is 9.47. The summed E-state index contributed by atoms with van der Waals surface area (Å²) in [6, 6.07) is 5.04. The van der Waals surface area contributed by atoms with E-state index >= 15 is 0 Å². The number of hydrogen-bond acceptors (Lipinski definition) is 2. The molecule has 0 bridgehead atoms. The molecule has 1 atom stereocenters. The topological polar surface area (TPSA) is 57.6 Å². The fourth-order valence-corrected chi connectivity index (χ4v) is 2.24. The number of anilines is 1. The Morgan fingerprint density at radius 3 is 2.88 bits per heavy atom. The molecule has 1 aromatic carbocycles. The van der Waals surface area contributed by atoms with E-state index in [1.54, 1.807) is 25.2 Å². The van der Waals surface area contributed by atoms with Crippen LogP contribution in [-0.2, 0) is 9.59 Å².